The van der Waals surface area contributed by atoms with E-state index < -0.39 is 54.8 Å². The van der Waals surface area contributed by atoms with Crippen molar-refractivity contribution in [2.45, 2.75) is 143 Å². The highest BCUT2D eigenvalue weighted by Crippen LogP contribution is 2.65. The Hall–Kier alpha value is -3.92. The van der Waals surface area contributed by atoms with Gasteiger partial charge in [0, 0.05) is 19.2 Å². The maximum Gasteiger partial charge on any atom is 0.481 e. The van der Waals surface area contributed by atoms with E-state index in [4.69, 9.17) is 18.8 Å². The summed E-state index contributed by atoms with van der Waals surface area (Å²) in [5.74, 6) is -0.825. The number of imidazole rings is 1. The van der Waals surface area contributed by atoms with E-state index in [1.54, 1.807) is 25.7 Å². The third-order valence-corrected chi connectivity index (χ3v) is 11.2. The van der Waals surface area contributed by atoms with Crippen LogP contribution in [-0.4, -0.2) is 99.4 Å². The topological polar surface area (TPSA) is 179 Å². The van der Waals surface area contributed by atoms with E-state index >= 15 is 0 Å². The number of carbonyl (C=O) groups excluding carboxylic acids is 5. The molecule has 1 aromatic heterocycles. The van der Waals surface area contributed by atoms with Gasteiger partial charge < -0.3 is 39.6 Å². The second kappa shape index (κ2) is 15.1. The molecule has 7 unspecified atom stereocenters. The maximum atomic E-state index is 14.2. The summed E-state index contributed by atoms with van der Waals surface area (Å²) in [4.78, 5) is 72.3. The Bertz CT molecular complexity index is 1610. The van der Waals surface area contributed by atoms with Crippen molar-refractivity contribution in [1.29, 1.82) is 0 Å². The lowest BCUT2D eigenvalue weighted by Crippen LogP contribution is -2.63. The number of hydrogen-bond donors (Lipinski definition) is 3. The second-order valence-corrected chi connectivity index (χ2v) is 17.4. The standard InChI is InChI=1S/C37H57BN6O9/c1-20(2)28(32(47)44-14-12-13-27(44)38-52-29-25-15-23(36(25,9)10)17-37(29,11)53-38)42-30(45)22(5)40-31(46)26(41-33(48)51-35(6,7)8)16-24-18-43(19-39-24)34(49)50-21(3)4/h18-20,22-23,25-29H,3,12-17H2,1-2,4-11H3,(H,40,46)(H,41,48)(H,42,45)/t22?,23?,25?,26?,27?,28?,29?,37-/m0/s1. The Balaban J connectivity index is 1.23. The lowest BCUT2D eigenvalue weighted by atomic mass is 9.45. The fourth-order valence-corrected chi connectivity index (χ4v) is 8.25. The molecule has 2 aliphatic heterocycles. The summed E-state index contributed by atoms with van der Waals surface area (Å²) >= 11 is 0. The first kappa shape index (κ1) is 40.3. The zero-order valence-electron chi connectivity index (χ0n) is 32.8. The van der Waals surface area contributed by atoms with Crippen molar-refractivity contribution in [3.05, 3.63) is 30.6 Å². The smallest absolute Gasteiger partial charge is 0.444 e. The van der Waals surface area contributed by atoms with E-state index in [0.717, 1.165) is 30.3 Å². The minimum Gasteiger partial charge on any atom is -0.444 e. The van der Waals surface area contributed by atoms with Gasteiger partial charge in [-0.25, -0.2) is 19.1 Å². The minimum absolute atomic E-state index is 0.0162. The van der Waals surface area contributed by atoms with Crippen molar-refractivity contribution in [1.82, 2.24) is 30.4 Å². The van der Waals surface area contributed by atoms with E-state index in [2.05, 4.69) is 48.3 Å². The quantitative estimate of drug-likeness (QED) is 0.224. The van der Waals surface area contributed by atoms with Gasteiger partial charge in [-0.1, -0.05) is 34.3 Å². The number of likely N-dealkylation sites (tertiary alicyclic amines) is 1. The number of nitrogens with one attached hydrogen (secondary N) is 3. The summed E-state index contributed by atoms with van der Waals surface area (Å²) in [6.45, 7) is 22.6. The number of hydrogen-bond acceptors (Lipinski definition) is 10. The van der Waals surface area contributed by atoms with Gasteiger partial charge in [0.05, 0.1) is 29.1 Å². The number of rotatable bonds is 11. The molecule has 0 spiro atoms. The minimum atomic E-state index is -1.23. The van der Waals surface area contributed by atoms with Crippen LogP contribution >= 0.6 is 0 Å². The van der Waals surface area contributed by atoms with E-state index in [1.807, 2.05) is 13.8 Å². The third-order valence-electron chi connectivity index (χ3n) is 11.2. The van der Waals surface area contributed by atoms with Crippen molar-refractivity contribution in [3.8, 4) is 0 Å². The largest absolute Gasteiger partial charge is 0.481 e. The van der Waals surface area contributed by atoms with Gasteiger partial charge in [0.1, 0.15) is 30.1 Å². The number of aromatic nitrogens is 2. The SMILES string of the molecule is C=C(C)OC(=O)n1cnc(CC(NC(=O)OC(C)(C)C)C(=O)NC(C)C(=O)NC(C(=O)N2CCCC2B2OC3C4CC(C[C@]3(C)O2)C4(C)C)C(C)C)c1. The zero-order chi connectivity index (χ0) is 39.2. The molecule has 0 aromatic carbocycles. The molecule has 3 heterocycles. The monoisotopic (exact) mass is 740 g/mol. The van der Waals surface area contributed by atoms with Crippen LogP contribution in [0.15, 0.2) is 24.9 Å². The molecule has 16 heteroatoms. The normalized spacial score (nSPS) is 27.5. The molecular weight excluding hydrogens is 683 g/mol. The summed E-state index contributed by atoms with van der Waals surface area (Å²) < 4.78 is 24.7. The summed E-state index contributed by atoms with van der Waals surface area (Å²) in [6.07, 6.45) is 4.44. The lowest BCUT2D eigenvalue weighted by Gasteiger charge is -2.63. The average molecular weight is 741 g/mol. The summed E-state index contributed by atoms with van der Waals surface area (Å²) in [5, 5.41) is 8.07. The molecule has 4 amide bonds. The number of carbonyl (C=O) groups is 5. The number of allylic oxidation sites excluding steroid dienone is 1. The predicted molar refractivity (Wildman–Crippen MR) is 195 cm³/mol. The molecule has 15 nitrogen and oxygen atoms in total. The molecule has 1 aromatic rings. The van der Waals surface area contributed by atoms with Gasteiger partial charge in [-0.05, 0) is 90.4 Å². The number of nitrogens with zero attached hydrogens (tertiary/aromatic N) is 3. The molecule has 3 saturated carbocycles. The van der Waals surface area contributed by atoms with Crippen molar-refractivity contribution in [2.75, 3.05) is 6.54 Å². The zero-order valence-corrected chi connectivity index (χ0v) is 32.8. The number of amides is 4. The molecule has 292 valence electrons. The summed E-state index contributed by atoms with van der Waals surface area (Å²) in [6, 6.07) is -3.19. The molecule has 53 heavy (non-hydrogen) atoms. The van der Waals surface area contributed by atoms with Gasteiger partial charge in [0.15, 0.2) is 0 Å². The first-order valence-electron chi connectivity index (χ1n) is 18.7. The lowest BCUT2D eigenvalue weighted by molar-refractivity contribution is -0.185. The molecule has 5 aliphatic rings. The van der Waals surface area contributed by atoms with Crippen molar-refractivity contribution in [3.63, 3.8) is 0 Å². The fourth-order valence-electron chi connectivity index (χ4n) is 8.25. The molecule has 3 N–H and O–H groups in total. The van der Waals surface area contributed by atoms with Crippen LogP contribution in [-0.2, 0) is 39.6 Å². The van der Waals surface area contributed by atoms with E-state index in [1.165, 1.54) is 26.4 Å². The Kier molecular flexibility index (Phi) is 11.5. The Morgan fingerprint density at radius 2 is 1.79 bits per heavy atom. The highest BCUT2D eigenvalue weighted by molar-refractivity contribution is 6.48. The summed E-state index contributed by atoms with van der Waals surface area (Å²) in [7, 11) is -0.536. The molecule has 6 rings (SSSR count). The van der Waals surface area contributed by atoms with Gasteiger partial charge in [-0.15, -0.1) is 0 Å². The fraction of sp³-hybridized carbons (Fsp3) is 0.730. The molecule has 2 saturated heterocycles. The van der Waals surface area contributed by atoms with Crippen LogP contribution in [0.3, 0.4) is 0 Å². The van der Waals surface area contributed by atoms with E-state index in [0.29, 0.717) is 18.4 Å². The Labute approximate surface area is 312 Å². The molecule has 8 atom stereocenters. The van der Waals surface area contributed by atoms with Crippen molar-refractivity contribution >= 4 is 37.0 Å². The second-order valence-electron chi connectivity index (χ2n) is 17.4. The van der Waals surface area contributed by atoms with Crippen LogP contribution in [0.5, 0.6) is 0 Å². The molecule has 3 aliphatic carbocycles. The van der Waals surface area contributed by atoms with Gasteiger partial charge in [-0.3, -0.25) is 14.4 Å². The van der Waals surface area contributed by atoms with Crippen LogP contribution in [0.4, 0.5) is 9.59 Å². The maximum absolute atomic E-state index is 14.2. The van der Waals surface area contributed by atoms with Gasteiger partial charge in [0.2, 0.25) is 17.7 Å². The van der Waals surface area contributed by atoms with Gasteiger partial charge >= 0.3 is 19.3 Å². The van der Waals surface area contributed by atoms with Crippen LogP contribution in [0.2, 0.25) is 0 Å². The van der Waals surface area contributed by atoms with Crippen LogP contribution in [0.1, 0.15) is 101 Å². The van der Waals surface area contributed by atoms with E-state index in [9.17, 15) is 24.0 Å². The highest BCUT2D eigenvalue weighted by Gasteiger charge is 2.68. The van der Waals surface area contributed by atoms with Crippen LogP contribution < -0.4 is 16.0 Å². The molecule has 0 radical (unpaired) electrons. The van der Waals surface area contributed by atoms with Crippen molar-refractivity contribution < 1.29 is 42.8 Å². The Morgan fingerprint density at radius 1 is 1.09 bits per heavy atom. The molecule has 2 bridgehead atoms. The van der Waals surface area contributed by atoms with Gasteiger partial charge in [0.25, 0.3) is 0 Å². The van der Waals surface area contributed by atoms with E-state index in [-0.39, 0.29) is 52.8 Å². The highest BCUT2D eigenvalue weighted by atomic mass is 16.7. The van der Waals surface area contributed by atoms with Gasteiger partial charge in [-0.2, -0.15) is 0 Å². The number of alkyl carbamates (subject to hydrolysis) is 1. The van der Waals surface area contributed by atoms with Crippen LogP contribution in [0.25, 0.3) is 0 Å². The third kappa shape index (κ3) is 8.74. The van der Waals surface area contributed by atoms with Crippen molar-refractivity contribution in [2.24, 2.45) is 23.2 Å². The first-order chi connectivity index (χ1) is 24.6. The predicted octanol–water partition coefficient (Wildman–Crippen LogP) is 3.74. The summed E-state index contributed by atoms with van der Waals surface area (Å²) in [5.41, 5.74) is -0.729. The molecule has 5 fully saturated rings. The Morgan fingerprint density at radius 3 is 2.42 bits per heavy atom. The van der Waals surface area contributed by atoms with Crippen LogP contribution in [0, 0.1) is 23.2 Å². The molecular formula is C37H57BN6O9. The first-order valence-corrected chi connectivity index (χ1v) is 18.7. The average Bonchev–Trinajstić information content (AvgIpc) is 3.79. The number of ether oxygens (including phenoxy) is 2.